The standard InChI is InChI=1S/C13H22O4/c1-3-4-5-6-7-8-9-11(13(16)17)10(2)12(14)15/h3,10-11H,1,4-9H2,2H3,(H,14,15)(H,16,17). The number of allylic oxidation sites excluding steroid dienone is 1. The van der Waals surface area contributed by atoms with E-state index in [1.54, 1.807) is 0 Å². The van der Waals surface area contributed by atoms with Gasteiger partial charge in [0.05, 0.1) is 11.8 Å². The number of hydrogen-bond acceptors (Lipinski definition) is 2. The van der Waals surface area contributed by atoms with Crippen molar-refractivity contribution in [1.82, 2.24) is 0 Å². The molecule has 0 spiro atoms. The Morgan fingerprint density at radius 3 is 2.18 bits per heavy atom. The highest BCUT2D eigenvalue weighted by molar-refractivity contribution is 5.79. The quantitative estimate of drug-likeness (QED) is 0.456. The van der Waals surface area contributed by atoms with Gasteiger partial charge in [-0.05, 0) is 19.3 Å². The molecule has 2 unspecified atom stereocenters. The fourth-order valence-corrected chi connectivity index (χ4v) is 1.77. The first-order valence-electron chi connectivity index (χ1n) is 6.07. The Labute approximate surface area is 102 Å². The Morgan fingerprint density at radius 1 is 1.12 bits per heavy atom. The summed E-state index contributed by atoms with van der Waals surface area (Å²) >= 11 is 0. The zero-order chi connectivity index (χ0) is 13.3. The van der Waals surface area contributed by atoms with Crippen LogP contribution in [0.5, 0.6) is 0 Å². The van der Waals surface area contributed by atoms with Crippen LogP contribution < -0.4 is 0 Å². The van der Waals surface area contributed by atoms with Gasteiger partial charge >= 0.3 is 11.9 Å². The van der Waals surface area contributed by atoms with Crippen LogP contribution in [0.25, 0.3) is 0 Å². The summed E-state index contributed by atoms with van der Waals surface area (Å²) in [7, 11) is 0. The predicted molar refractivity (Wildman–Crippen MR) is 65.8 cm³/mol. The summed E-state index contributed by atoms with van der Waals surface area (Å²) < 4.78 is 0. The maximum Gasteiger partial charge on any atom is 0.307 e. The first-order chi connectivity index (χ1) is 8.00. The molecular formula is C13H22O4. The molecule has 0 aliphatic heterocycles. The minimum absolute atomic E-state index is 0.441. The summed E-state index contributed by atoms with van der Waals surface area (Å²) in [6, 6.07) is 0. The molecular weight excluding hydrogens is 220 g/mol. The molecule has 0 aliphatic rings. The third-order valence-corrected chi connectivity index (χ3v) is 2.98. The number of rotatable bonds is 10. The first kappa shape index (κ1) is 15.7. The second-order valence-corrected chi connectivity index (χ2v) is 4.35. The SMILES string of the molecule is C=CCCCCCCC(C(=O)O)C(C)C(=O)O. The topological polar surface area (TPSA) is 74.6 Å². The highest BCUT2D eigenvalue weighted by Gasteiger charge is 2.29. The molecule has 0 fully saturated rings. The molecule has 4 nitrogen and oxygen atoms in total. The van der Waals surface area contributed by atoms with Gasteiger partial charge in [0, 0.05) is 0 Å². The fourth-order valence-electron chi connectivity index (χ4n) is 1.77. The summed E-state index contributed by atoms with van der Waals surface area (Å²) in [5.41, 5.74) is 0. The number of aliphatic carboxylic acids is 2. The largest absolute Gasteiger partial charge is 0.481 e. The summed E-state index contributed by atoms with van der Waals surface area (Å²) in [6.07, 6.45) is 7.11. The average molecular weight is 242 g/mol. The lowest BCUT2D eigenvalue weighted by Crippen LogP contribution is -2.27. The van der Waals surface area contributed by atoms with Crippen molar-refractivity contribution in [1.29, 1.82) is 0 Å². The Morgan fingerprint density at radius 2 is 1.71 bits per heavy atom. The van der Waals surface area contributed by atoms with Crippen LogP contribution in [-0.2, 0) is 9.59 Å². The summed E-state index contributed by atoms with van der Waals surface area (Å²) in [5.74, 6) is -3.64. The Balaban J connectivity index is 3.90. The van der Waals surface area contributed by atoms with E-state index in [2.05, 4.69) is 6.58 Å². The minimum atomic E-state index is -1.04. The van der Waals surface area contributed by atoms with Gasteiger partial charge in [0.15, 0.2) is 0 Å². The monoisotopic (exact) mass is 242 g/mol. The van der Waals surface area contributed by atoms with Crippen molar-refractivity contribution in [3.8, 4) is 0 Å². The molecule has 0 amide bonds. The third-order valence-electron chi connectivity index (χ3n) is 2.98. The van der Waals surface area contributed by atoms with E-state index in [0.717, 1.165) is 32.1 Å². The molecule has 0 aromatic heterocycles. The smallest absolute Gasteiger partial charge is 0.307 e. The van der Waals surface area contributed by atoms with Crippen molar-refractivity contribution >= 4 is 11.9 Å². The van der Waals surface area contributed by atoms with Gasteiger partial charge in [0.1, 0.15) is 0 Å². The van der Waals surface area contributed by atoms with Crippen LogP contribution in [0, 0.1) is 11.8 Å². The zero-order valence-electron chi connectivity index (χ0n) is 10.4. The van der Waals surface area contributed by atoms with Crippen molar-refractivity contribution in [2.24, 2.45) is 11.8 Å². The molecule has 0 bridgehead atoms. The van der Waals surface area contributed by atoms with Crippen molar-refractivity contribution in [2.75, 3.05) is 0 Å². The van der Waals surface area contributed by atoms with Crippen LogP contribution in [0.1, 0.15) is 45.4 Å². The van der Waals surface area contributed by atoms with Crippen molar-refractivity contribution in [3.05, 3.63) is 12.7 Å². The van der Waals surface area contributed by atoms with Gasteiger partial charge in [-0.15, -0.1) is 6.58 Å². The fraction of sp³-hybridized carbons (Fsp3) is 0.692. The molecule has 0 aromatic carbocycles. The van der Waals surface area contributed by atoms with E-state index in [0.29, 0.717) is 6.42 Å². The maximum atomic E-state index is 10.9. The van der Waals surface area contributed by atoms with Gasteiger partial charge in [0.2, 0.25) is 0 Å². The van der Waals surface area contributed by atoms with E-state index >= 15 is 0 Å². The van der Waals surface area contributed by atoms with Crippen LogP contribution in [0.3, 0.4) is 0 Å². The van der Waals surface area contributed by atoms with Crippen LogP contribution in [0.15, 0.2) is 12.7 Å². The highest BCUT2D eigenvalue weighted by Crippen LogP contribution is 2.20. The molecule has 0 aliphatic carbocycles. The Bertz CT molecular complexity index is 260. The van der Waals surface area contributed by atoms with E-state index in [1.165, 1.54) is 6.92 Å². The second-order valence-electron chi connectivity index (χ2n) is 4.35. The lowest BCUT2D eigenvalue weighted by atomic mass is 9.89. The molecule has 17 heavy (non-hydrogen) atoms. The van der Waals surface area contributed by atoms with E-state index in [1.807, 2.05) is 6.08 Å². The summed E-state index contributed by atoms with van der Waals surface area (Å²) in [5, 5.41) is 17.8. The Kier molecular flexibility index (Phi) is 8.11. The van der Waals surface area contributed by atoms with Gasteiger partial charge in [-0.2, -0.15) is 0 Å². The third kappa shape index (κ3) is 6.76. The van der Waals surface area contributed by atoms with E-state index in [-0.39, 0.29) is 0 Å². The van der Waals surface area contributed by atoms with E-state index in [9.17, 15) is 9.59 Å². The lowest BCUT2D eigenvalue weighted by Gasteiger charge is -2.16. The van der Waals surface area contributed by atoms with Crippen molar-refractivity contribution < 1.29 is 19.8 Å². The van der Waals surface area contributed by atoms with Gasteiger partial charge in [-0.1, -0.05) is 32.3 Å². The number of carbonyl (C=O) groups is 2. The van der Waals surface area contributed by atoms with Crippen LogP contribution in [-0.4, -0.2) is 22.2 Å². The van der Waals surface area contributed by atoms with Gasteiger partial charge in [-0.3, -0.25) is 9.59 Å². The molecule has 98 valence electrons. The van der Waals surface area contributed by atoms with E-state index < -0.39 is 23.8 Å². The number of carboxylic acid groups (broad SMARTS) is 2. The predicted octanol–water partition coefficient (Wildman–Crippen LogP) is 2.93. The molecule has 4 heteroatoms. The molecule has 0 saturated carbocycles. The zero-order valence-corrected chi connectivity index (χ0v) is 10.4. The van der Waals surface area contributed by atoms with Crippen molar-refractivity contribution in [3.63, 3.8) is 0 Å². The first-order valence-corrected chi connectivity index (χ1v) is 6.07. The number of carboxylic acids is 2. The summed E-state index contributed by atoms with van der Waals surface area (Å²) in [4.78, 5) is 21.7. The van der Waals surface area contributed by atoms with Gasteiger partial charge < -0.3 is 10.2 Å². The summed E-state index contributed by atoms with van der Waals surface area (Å²) in [6.45, 7) is 5.09. The average Bonchev–Trinajstić information content (AvgIpc) is 2.26. The molecule has 0 heterocycles. The molecule has 0 rings (SSSR count). The highest BCUT2D eigenvalue weighted by atomic mass is 16.4. The van der Waals surface area contributed by atoms with E-state index in [4.69, 9.17) is 10.2 Å². The van der Waals surface area contributed by atoms with Crippen LogP contribution >= 0.6 is 0 Å². The number of hydrogen-bond donors (Lipinski definition) is 2. The number of unbranched alkanes of at least 4 members (excludes halogenated alkanes) is 4. The molecule has 2 atom stereocenters. The molecule has 0 saturated heterocycles. The van der Waals surface area contributed by atoms with Crippen LogP contribution in [0.4, 0.5) is 0 Å². The van der Waals surface area contributed by atoms with Gasteiger partial charge in [0.25, 0.3) is 0 Å². The minimum Gasteiger partial charge on any atom is -0.481 e. The van der Waals surface area contributed by atoms with Gasteiger partial charge in [-0.25, -0.2) is 0 Å². The maximum absolute atomic E-state index is 10.9. The van der Waals surface area contributed by atoms with Crippen LogP contribution in [0.2, 0.25) is 0 Å². The Hall–Kier alpha value is -1.32. The second kappa shape index (κ2) is 8.79. The lowest BCUT2D eigenvalue weighted by molar-refractivity contribution is -0.153. The molecule has 2 N–H and O–H groups in total. The van der Waals surface area contributed by atoms with Crippen molar-refractivity contribution in [2.45, 2.75) is 45.4 Å². The molecule has 0 aromatic rings. The normalized spacial score (nSPS) is 13.9. The molecule has 0 radical (unpaired) electrons.